The molecule has 1 atom stereocenters. The van der Waals surface area contributed by atoms with E-state index in [0.29, 0.717) is 13.1 Å². The Balaban J connectivity index is 0. The fraction of sp³-hybridized carbons (Fsp3) is 0.909. The monoisotopic (exact) mass is 222 g/mol. The summed E-state index contributed by atoms with van der Waals surface area (Å²) in [5.74, 6) is 0.742. The first-order valence-electron chi connectivity index (χ1n) is 5.40. The predicted octanol–water partition coefficient (Wildman–Crippen LogP) is 3.58. The van der Waals surface area contributed by atoms with Gasteiger partial charge in [-0.2, -0.15) is 0 Å². The maximum absolute atomic E-state index is 9.91. The minimum atomic E-state index is 0. The van der Waals surface area contributed by atoms with Crippen molar-refractivity contribution in [2.45, 2.75) is 52.4 Å². The van der Waals surface area contributed by atoms with Gasteiger partial charge in [0.05, 0.1) is 6.61 Å². The van der Waals surface area contributed by atoms with Gasteiger partial charge >= 0.3 is 0 Å². The van der Waals surface area contributed by atoms with Crippen LogP contribution in [0, 0.1) is 5.92 Å². The van der Waals surface area contributed by atoms with E-state index in [4.69, 9.17) is 4.74 Å². The van der Waals surface area contributed by atoms with Crippen LogP contribution in [-0.4, -0.2) is 13.1 Å². The maximum Gasteiger partial charge on any atom is 0.293 e. The van der Waals surface area contributed by atoms with Gasteiger partial charge in [0.25, 0.3) is 6.47 Å². The Labute approximate surface area is 93.8 Å². The van der Waals surface area contributed by atoms with Crippen LogP contribution >= 0.6 is 12.4 Å². The Kier molecular flexibility index (Phi) is 14.8. The fourth-order valence-corrected chi connectivity index (χ4v) is 1.52. The van der Waals surface area contributed by atoms with Crippen molar-refractivity contribution in [1.29, 1.82) is 0 Å². The van der Waals surface area contributed by atoms with E-state index in [2.05, 4.69) is 13.8 Å². The first-order valence-corrected chi connectivity index (χ1v) is 5.40. The lowest BCUT2D eigenvalue weighted by atomic mass is 9.96. The van der Waals surface area contributed by atoms with E-state index in [-0.39, 0.29) is 12.4 Å². The normalized spacial score (nSPS) is 11.6. The number of hydrogen-bond donors (Lipinski definition) is 0. The molecule has 0 aliphatic carbocycles. The fourth-order valence-electron chi connectivity index (χ4n) is 1.52. The number of carbonyl (C=O) groups is 1. The zero-order chi connectivity index (χ0) is 9.94. The summed E-state index contributed by atoms with van der Waals surface area (Å²) >= 11 is 0. The molecule has 0 aromatic heterocycles. The third-order valence-corrected chi connectivity index (χ3v) is 2.51. The van der Waals surface area contributed by atoms with Crippen molar-refractivity contribution >= 4 is 18.9 Å². The average Bonchev–Trinajstić information content (AvgIpc) is 2.16. The summed E-state index contributed by atoms with van der Waals surface area (Å²) in [6.07, 6.45) is 7.43. The Morgan fingerprint density at radius 2 is 1.93 bits per heavy atom. The second kappa shape index (κ2) is 12.8. The molecule has 86 valence electrons. The molecule has 0 aromatic rings. The lowest BCUT2D eigenvalue weighted by Crippen LogP contribution is -2.04. The minimum Gasteiger partial charge on any atom is -0.468 e. The summed E-state index contributed by atoms with van der Waals surface area (Å²) in [4.78, 5) is 9.91. The Hall–Kier alpha value is -0.240. The van der Waals surface area contributed by atoms with Crippen LogP contribution in [0.5, 0.6) is 0 Å². The molecule has 0 fully saturated rings. The largest absolute Gasteiger partial charge is 0.468 e. The number of rotatable bonds is 9. The van der Waals surface area contributed by atoms with Gasteiger partial charge in [-0.25, -0.2) is 0 Å². The number of halogens is 1. The van der Waals surface area contributed by atoms with Crippen LogP contribution in [0.2, 0.25) is 0 Å². The van der Waals surface area contributed by atoms with Gasteiger partial charge in [-0.1, -0.05) is 46.0 Å². The number of hydrogen-bond acceptors (Lipinski definition) is 2. The first kappa shape index (κ1) is 16.2. The molecule has 3 heteroatoms. The second-order valence-corrected chi connectivity index (χ2v) is 3.53. The molecular formula is C11H23ClO2. The molecule has 0 saturated carbocycles. The smallest absolute Gasteiger partial charge is 0.293 e. The highest BCUT2D eigenvalue weighted by atomic mass is 35.5. The predicted molar refractivity (Wildman–Crippen MR) is 61.8 cm³/mol. The van der Waals surface area contributed by atoms with Crippen LogP contribution in [0.4, 0.5) is 0 Å². The van der Waals surface area contributed by atoms with E-state index < -0.39 is 0 Å². The molecule has 0 bridgehead atoms. The highest BCUT2D eigenvalue weighted by Crippen LogP contribution is 2.16. The van der Waals surface area contributed by atoms with E-state index >= 15 is 0 Å². The lowest BCUT2D eigenvalue weighted by Gasteiger charge is -2.13. The average molecular weight is 223 g/mol. The zero-order valence-electron chi connectivity index (χ0n) is 9.33. The minimum absolute atomic E-state index is 0. The summed E-state index contributed by atoms with van der Waals surface area (Å²) in [5.41, 5.74) is 0. The molecule has 0 aromatic carbocycles. The number of ether oxygens (including phenoxy) is 1. The van der Waals surface area contributed by atoms with Gasteiger partial charge in [0.2, 0.25) is 0 Å². The standard InChI is InChI=1S/C11H22O2.ClH/c1-3-5-6-7-11(4-2)8-9-13-10-12;/h10-11H,3-9H2,1-2H3;1H. The molecule has 0 spiro atoms. The Morgan fingerprint density at radius 1 is 1.21 bits per heavy atom. The van der Waals surface area contributed by atoms with Gasteiger partial charge in [-0.15, -0.1) is 12.4 Å². The quantitative estimate of drug-likeness (QED) is 0.440. The van der Waals surface area contributed by atoms with Crippen LogP contribution in [0.3, 0.4) is 0 Å². The van der Waals surface area contributed by atoms with E-state index in [1.54, 1.807) is 0 Å². The molecule has 0 heterocycles. The van der Waals surface area contributed by atoms with E-state index in [0.717, 1.165) is 12.3 Å². The van der Waals surface area contributed by atoms with E-state index in [1.807, 2.05) is 0 Å². The SMILES string of the molecule is CCCCCC(CC)CCOC=O.Cl. The van der Waals surface area contributed by atoms with Gasteiger partial charge in [0.1, 0.15) is 0 Å². The van der Waals surface area contributed by atoms with Crippen molar-refractivity contribution in [2.24, 2.45) is 5.92 Å². The molecule has 2 nitrogen and oxygen atoms in total. The van der Waals surface area contributed by atoms with Crippen molar-refractivity contribution in [1.82, 2.24) is 0 Å². The topological polar surface area (TPSA) is 26.3 Å². The van der Waals surface area contributed by atoms with E-state index in [1.165, 1.54) is 32.1 Å². The number of unbranched alkanes of at least 4 members (excludes halogenated alkanes) is 2. The third-order valence-electron chi connectivity index (χ3n) is 2.51. The van der Waals surface area contributed by atoms with Gasteiger partial charge in [0.15, 0.2) is 0 Å². The van der Waals surface area contributed by atoms with Crippen molar-refractivity contribution < 1.29 is 9.53 Å². The van der Waals surface area contributed by atoms with Gasteiger partial charge in [0, 0.05) is 0 Å². The van der Waals surface area contributed by atoms with Crippen LogP contribution < -0.4 is 0 Å². The summed E-state index contributed by atoms with van der Waals surface area (Å²) in [5, 5.41) is 0. The molecule has 0 saturated heterocycles. The molecule has 0 aliphatic rings. The summed E-state index contributed by atoms with van der Waals surface area (Å²) in [7, 11) is 0. The van der Waals surface area contributed by atoms with Crippen LogP contribution in [0.25, 0.3) is 0 Å². The Bertz CT molecular complexity index is 118. The van der Waals surface area contributed by atoms with Crippen LogP contribution in [0.1, 0.15) is 52.4 Å². The second-order valence-electron chi connectivity index (χ2n) is 3.53. The molecule has 0 rings (SSSR count). The zero-order valence-corrected chi connectivity index (χ0v) is 10.1. The highest BCUT2D eigenvalue weighted by molar-refractivity contribution is 5.85. The summed E-state index contributed by atoms with van der Waals surface area (Å²) < 4.78 is 4.69. The molecule has 1 unspecified atom stereocenters. The third kappa shape index (κ3) is 9.85. The van der Waals surface area contributed by atoms with Crippen molar-refractivity contribution in [2.75, 3.05) is 6.61 Å². The molecule has 14 heavy (non-hydrogen) atoms. The van der Waals surface area contributed by atoms with Crippen molar-refractivity contribution in [3.63, 3.8) is 0 Å². The Morgan fingerprint density at radius 3 is 2.43 bits per heavy atom. The van der Waals surface area contributed by atoms with Crippen molar-refractivity contribution in [3.05, 3.63) is 0 Å². The van der Waals surface area contributed by atoms with Gasteiger partial charge in [-0.3, -0.25) is 4.79 Å². The molecule has 0 aliphatic heterocycles. The summed E-state index contributed by atoms with van der Waals surface area (Å²) in [6.45, 7) is 5.56. The summed E-state index contributed by atoms with van der Waals surface area (Å²) in [6, 6.07) is 0. The molecule has 0 radical (unpaired) electrons. The molecule has 0 N–H and O–H groups in total. The van der Waals surface area contributed by atoms with Crippen molar-refractivity contribution in [3.8, 4) is 0 Å². The van der Waals surface area contributed by atoms with E-state index in [9.17, 15) is 4.79 Å². The van der Waals surface area contributed by atoms with Gasteiger partial charge in [-0.05, 0) is 12.3 Å². The van der Waals surface area contributed by atoms with Crippen LogP contribution in [0.15, 0.2) is 0 Å². The molecular weight excluding hydrogens is 200 g/mol. The van der Waals surface area contributed by atoms with Gasteiger partial charge < -0.3 is 4.74 Å². The molecule has 0 amide bonds. The van der Waals surface area contributed by atoms with Crippen LogP contribution in [-0.2, 0) is 9.53 Å². The maximum atomic E-state index is 9.91. The lowest BCUT2D eigenvalue weighted by molar-refractivity contribution is -0.129. The first-order chi connectivity index (χ1) is 6.35. The number of carbonyl (C=O) groups excluding carboxylic acids is 1. The highest BCUT2D eigenvalue weighted by Gasteiger charge is 2.05.